The molecular formula is C16H21N3O2. The second-order valence-corrected chi connectivity index (χ2v) is 4.71. The van der Waals surface area contributed by atoms with Crippen LogP contribution in [0.5, 0.6) is 5.75 Å². The molecule has 1 heterocycles. The molecule has 0 fully saturated rings. The maximum Gasteiger partial charge on any atom is 0.132 e. The van der Waals surface area contributed by atoms with Gasteiger partial charge in [-0.15, -0.1) is 0 Å². The summed E-state index contributed by atoms with van der Waals surface area (Å²) in [5.41, 5.74) is 2.21. The second kappa shape index (κ2) is 8.34. The summed E-state index contributed by atoms with van der Waals surface area (Å²) in [5.74, 6) is 1.66. The molecule has 5 heteroatoms. The molecule has 2 rings (SSSR count). The van der Waals surface area contributed by atoms with E-state index in [9.17, 15) is 0 Å². The summed E-state index contributed by atoms with van der Waals surface area (Å²) in [7, 11) is 3.36. The second-order valence-electron chi connectivity index (χ2n) is 4.71. The smallest absolute Gasteiger partial charge is 0.132 e. The number of hydrogen-bond acceptors (Lipinski definition) is 5. The number of methoxy groups -OCH3 is 2. The van der Waals surface area contributed by atoms with Crippen LogP contribution in [0, 0.1) is 0 Å². The van der Waals surface area contributed by atoms with Gasteiger partial charge in [0.15, 0.2) is 0 Å². The molecule has 0 aliphatic carbocycles. The first kappa shape index (κ1) is 15.4. The SMILES string of the molecule is COCCNCc1cnc(Cc2cccc(OC)c2)nc1. The molecule has 2 aromatic rings. The standard InChI is InChI=1S/C16H21N3O2/c1-20-7-6-17-10-14-11-18-16(19-12-14)9-13-4-3-5-15(8-13)21-2/h3-5,8,11-12,17H,6-7,9-10H2,1-2H3. The molecule has 0 amide bonds. The first-order chi connectivity index (χ1) is 10.3. The molecule has 0 atom stereocenters. The van der Waals surface area contributed by atoms with Gasteiger partial charge in [0, 0.05) is 44.6 Å². The zero-order valence-electron chi connectivity index (χ0n) is 12.5. The third kappa shape index (κ3) is 5.13. The molecule has 1 aromatic heterocycles. The van der Waals surface area contributed by atoms with Crippen LogP contribution < -0.4 is 10.1 Å². The zero-order valence-corrected chi connectivity index (χ0v) is 12.5. The Morgan fingerprint density at radius 1 is 1.10 bits per heavy atom. The van der Waals surface area contributed by atoms with Crippen molar-refractivity contribution in [3.05, 3.63) is 53.6 Å². The fraction of sp³-hybridized carbons (Fsp3) is 0.375. The lowest BCUT2D eigenvalue weighted by Crippen LogP contribution is -2.18. The number of hydrogen-bond donors (Lipinski definition) is 1. The third-order valence-corrected chi connectivity index (χ3v) is 3.07. The highest BCUT2D eigenvalue weighted by Crippen LogP contribution is 2.14. The van der Waals surface area contributed by atoms with Crippen molar-refractivity contribution < 1.29 is 9.47 Å². The number of aromatic nitrogens is 2. The molecule has 112 valence electrons. The van der Waals surface area contributed by atoms with Gasteiger partial charge in [-0.1, -0.05) is 12.1 Å². The molecule has 21 heavy (non-hydrogen) atoms. The largest absolute Gasteiger partial charge is 0.497 e. The molecule has 0 saturated carbocycles. The Balaban J connectivity index is 1.89. The molecule has 5 nitrogen and oxygen atoms in total. The van der Waals surface area contributed by atoms with Crippen molar-refractivity contribution in [3.63, 3.8) is 0 Å². The first-order valence-corrected chi connectivity index (χ1v) is 6.94. The van der Waals surface area contributed by atoms with Crippen molar-refractivity contribution in [2.45, 2.75) is 13.0 Å². The molecule has 1 N–H and O–H groups in total. The van der Waals surface area contributed by atoms with Crippen LogP contribution in [0.2, 0.25) is 0 Å². The lowest BCUT2D eigenvalue weighted by molar-refractivity contribution is 0.199. The van der Waals surface area contributed by atoms with Gasteiger partial charge < -0.3 is 14.8 Å². The van der Waals surface area contributed by atoms with Gasteiger partial charge in [0.1, 0.15) is 11.6 Å². The fourth-order valence-electron chi connectivity index (χ4n) is 1.94. The van der Waals surface area contributed by atoms with Gasteiger partial charge in [-0.25, -0.2) is 9.97 Å². The van der Waals surface area contributed by atoms with Crippen molar-refractivity contribution in [1.29, 1.82) is 0 Å². The van der Waals surface area contributed by atoms with E-state index in [4.69, 9.17) is 9.47 Å². The van der Waals surface area contributed by atoms with Crippen molar-refractivity contribution in [3.8, 4) is 5.75 Å². The number of nitrogens with one attached hydrogen (secondary N) is 1. The van der Waals surface area contributed by atoms with E-state index in [0.717, 1.165) is 35.8 Å². The minimum atomic E-state index is 0.703. The Bertz CT molecular complexity index is 543. The summed E-state index contributed by atoms with van der Waals surface area (Å²) >= 11 is 0. The fourth-order valence-corrected chi connectivity index (χ4v) is 1.94. The van der Waals surface area contributed by atoms with Gasteiger partial charge in [-0.2, -0.15) is 0 Å². The van der Waals surface area contributed by atoms with Crippen LogP contribution >= 0.6 is 0 Å². The van der Waals surface area contributed by atoms with E-state index in [1.165, 1.54) is 0 Å². The van der Waals surface area contributed by atoms with Gasteiger partial charge in [-0.05, 0) is 17.7 Å². The number of ether oxygens (including phenoxy) is 2. The molecule has 0 bridgehead atoms. The zero-order chi connectivity index (χ0) is 14.9. The van der Waals surface area contributed by atoms with Crippen LogP contribution in [0.4, 0.5) is 0 Å². The number of nitrogens with zero attached hydrogens (tertiary/aromatic N) is 2. The lowest BCUT2D eigenvalue weighted by atomic mass is 10.1. The molecule has 0 aliphatic heterocycles. The molecular weight excluding hydrogens is 266 g/mol. The van der Waals surface area contributed by atoms with E-state index in [1.807, 2.05) is 36.7 Å². The predicted molar refractivity (Wildman–Crippen MR) is 81.4 cm³/mol. The van der Waals surface area contributed by atoms with Gasteiger partial charge in [-0.3, -0.25) is 0 Å². The number of rotatable bonds is 8. The highest BCUT2D eigenvalue weighted by molar-refractivity contribution is 5.30. The van der Waals surface area contributed by atoms with Gasteiger partial charge in [0.2, 0.25) is 0 Å². The number of benzene rings is 1. The van der Waals surface area contributed by atoms with Crippen LogP contribution in [0.1, 0.15) is 17.0 Å². The van der Waals surface area contributed by atoms with E-state index < -0.39 is 0 Å². The summed E-state index contributed by atoms with van der Waals surface area (Å²) in [5, 5.41) is 3.27. The Labute approximate surface area is 125 Å². The molecule has 0 spiro atoms. The third-order valence-electron chi connectivity index (χ3n) is 3.07. The lowest BCUT2D eigenvalue weighted by Gasteiger charge is -2.06. The molecule has 0 saturated heterocycles. The Hall–Kier alpha value is -1.98. The average molecular weight is 287 g/mol. The maximum atomic E-state index is 5.22. The highest BCUT2D eigenvalue weighted by Gasteiger charge is 2.02. The van der Waals surface area contributed by atoms with E-state index in [1.54, 1.807) is 14.2 Å². The van der Waals surface area contributed by atoms with Crippen molar-refractivity contribution in [1.82, 2.24) is 15.3 Å². The summed E-state index contributed by atoms with van der Waals surface area (Å²) in [6.45, 7) is 2.28. The minimum absolute atomic E-state index is 0.703. The van der Waals surface area contributed by atoms with E-state index in [0.29, 0.717) is 13.0 Å². The summed E-state index contributed by atoms with van der Waals surface area (Å²) in [6, 6.07) is 7.96. The van der Waals surface area contributed by atoms with E-state index in [2.05, 4.69) is 15.3 Å². The quantitative estimate of drug-likeness (QED) is 0.750. The van der Waals surface area contributed by atoms with Crippen molar-refractivity contribution in [2.24, 2.45) is 0 Å². The van der Waals surface area contributed by atoms with E-state index >= 15 is 0 Å². The van der Waals surface area contributed by atoms with Crippen LogP contribution in [0.15, 0.2) is 36.7 Å². The topological polar surface area (TPSA) is 56.3 Å². The minimum Gasteiger partial charge on any atom is -0.497 e. The van der Waals surface area contributed by atoms with Gasteiger partial charge in [0.05, 0.1) is 13.7 Å². The average Bonchev–Trinajstić information content (AvgIpc) is 2.53. The predicted octanol–water partition coefficient (Wildman–Crippen LogP) is 1.81. The monoisotopic (exact) mass is 287 g/mol. The maximum absolute atomic E-state index is 5.22. The van der Waals surface area contributed by atoms with Gasteiger partial charge in [0.25, 0.3) is 0 Å². The van der Waals surface area contributed by atoms with Crippen LogP contribution in [0.25, 0.3) is 0 Å². The Kier molecular flexibility index (Phi) is 6.12. The van der Waals surface area contributed by atoms with Crippen molar-refractivity contribution >= 4 is 0 Å². The summed E-state index contributed by atoms with van der Waals surface area (Å²) in [4.78, 5) is 8.81. The molecule has 1 aromatic carbocycles. The Morgan fingerprint density at radius 3 is 2.62 bits per heavy atom. The molecule has 0 radical (unpaired) electrons. The Morgan fingerprint density at radius 2 is 1.90 bits per heavy atom. The van der Waals surface area contributed by atoms with Crippen LogP contribution in [0.3, 0.4) is 0 Å². The van der Waals surface area contributed by atoms with E-state index in [-0.39, 0.29) is 0 Å². The highest BCUT2D eigenvalue weighted by atomic mass is 16.5. The summed E-state index contributed by atoms with van der Waals surface area (Å²) < 4.78 is 10.2. The van der Waals surface area contributed by atoms with Crippen LogP contribution in [-0.2, 0) is 17.7 Å². The molecule has 0 aliphatic rings. The molecule has 0 unspecified atom stereocenters. The summed E-state index contributed by atoms with van der Waals surface area (Å²) in [6.07, 6.45) is 4.43. The normalized spacial score (nSPS) is 10.6. The first-order valence-electron chi connectivity index (χ1n) is 6.94. The van der Waals surface area contributed by atoms with Crippen molar-refractivity contribution in [2.75, 3.05) is 27.4 Å². The van der Waals surface area contributed by atoms with Gasteiger partial charge >= 0.3 is 0 Å². The van der Waals surface area contributed by atoms with Crippen LogP contribution in [-0.4, -0.2) is 37.3 Å².